The highest BCUT2D eigenvalue weighted by molar-refractivity contribution is 5.84. The third kappa shape index (κ3) is 6.29. The van der Waals surface area contributed by atoms with Crippen LogP contribution in [0.5, 0.6) is 0 Å². The van der Waals surface area contributed by atoms with Gasteiger partial charge in [-0.25, -0.2) is 9.97 Å². The van der Waals surface area contributed by atoms with Crippen LogP contribution >= 0.6 is 0 Å². The van der Waals surface area contributed by atoms with Crippen molar-refractivity contribution in [3.05, 3.63) is 107 Å². The van der Waals surface area contributed by atoms with E-state index in [9.17, 15) is 4.79 Å². The van der Waals surface area contributed by atoms with Crippen molar-refractivity contribution in [3.63, 3.8) is 0 Å². The van der Waals surface area contributed by atoms with E-state index in [4.69, 9.17) is 9.97 Å². The Bertz CT molecular complexity index is 1580. The summed E-state index contributed by atoms with van der Waals surface area (Å²) in [4.78, 5) is 25.5. The number of aromatic nitrogens is 6. The van der Waals surface area contributed by atoms with Gasteiger partial charge >= 0.3 is 0 Å². The quantitative estimate of drug-likeness (QED) is 0.244. The van der Waals surface area contributed by atoms with Gasteiger partial charge in [-0.05, 0) is 48.1 Å². The van der Waals surface area contributed by atoms with Crippen LogP contribution in [0, 0.1) is 12.8 Å². The van der Waals surface area contributed by atoms with Crippen LogP contribution in [0.3, 0.4) is 0 Å². The highest BCUT2D eigenvalue weighted by Gasteiger charge is 2.27. The van der Waals surface area contributed by atoms with Gasteiger partial charge in [0, 0.05) is 37.1 Å². The van der Waals surface area contributed by atoms with Gasteiger partial charge in [-0.3, -0.25) is 4.79 Å². The minimum Gasteiger partial charge on any atom is -0.336 e. The standard InChI is InChI=1S/C32H31N7O/c1-22-11-13-23(14-12-22)17-27(40)18-26-19-30(28-9-5-6-10-29(28)31-35-37-38-36-31)34-32(33-26)39(21-25-15-16-25)20-24-7-3-2-4-8-24/h2-14,19,25H,15-18,20-21H2,1H3,(H,35,36,37,38). The molecule has 0 bridgehead atoms. The summed E-state index contributed by atoms with van der Waals surface area (Å²) in [7, 11) is 0. The van der Waals surface area contributed by atoms with Crippen molar-refractivity contribution in [1.82, 2.24) is 30.6 Å². The largest absolute Gasteiger partial charge is 0.336 e. The minimum absolute atomic E-state index is 0.114. The molecule has 0 atom stereocenters. The maximum Gasteiger partial charge on any atom is 0.226 e. The number of aryl methyl sites for hydroxylation is 1. The van der Waals surface area contributed by atoms with Gasteiger partial charge in [-0.15, -0.1) is 10.2 Å². The molecule has 0 saturated heterocycles. The fourth-order valence-corrected chi connectivity index (χ4v) is 4.86. The van der Waals surface area contributed by atoms with Crippen LogP contribution in [0.4, 0.5) is 5.95 Å². The van der Waals surface area contributed by atoms with Gasteiger partial charge in [0.25, 0.3) is 0 Å². The number of rotatable bonds is 11. The summed E-state index contributed by atoms with van der Waals surface area (Å²) in [6, 6.07) is 28.3. The summed E-state index contributed by atoms with van der Waals surface area (Å²) in [5, 5.41) is 14.7. The van der Waals surface area contributed by atoms with Crippen LogP contribution in [0.25, 0.3) is 22.6 Å². The molecule has 2 heterocycles. The fourth-order valence-electron chi connectivity index (χ4n) is 4.86. The topological polar surface area (TPSA) is 101 Å². The lowest BCUT2D eigenvalue weighted by molar-refractivity contribution is -0.117. The van der Waals surface area contributed by atoms with Crippen LogP contribution in [0.1, 0.15) is 35.2 Å². The predicted octanol–water partition coefficient (Wildman–Crippen LogP) is 5.40. The third-order valence-electron chi connectivity index (χ3n) is 7.13. The first kappa shape index (κ1) is 25.6. The highest BCUT2D eigenvalue weighted by Crippen LogP contribution is 2.33. The van der Waals surface area contributed by atoms with E-state index in [1.54, 1.807) is 0 Å². The van der Waals surface area contributed by atoms with Gasteiger partial charge in [0.05, 0.1) is 11.4 Å². The zero-order valence-electron chi connectivity index (χ0n) is 22.5. The van der Waals surface area contributed by atoms with Crippen molar-refractivity contribution in [1.29, 1.82) is 0 Å². The zero-order chi connectivity index (χ0) is 27.3. The second-order valence-electron chi connectivity index (χ2n) is 10.5. The van der Waals surface area contributed by atoms with Gasteiger partial charge < -0.3 is 4.90 Å². The van der Waals surface area contributed by atoms with Crippen molar-refractivity contribution in [3.8, 4) is 22.6 Å². The van der Waals surface area contributed by atoms with Crippen LogP contribution < -0.4 is 4.90 Å². The van der Waals surface area contributed by atoms with E-state index in [1.807, 2.05) is 67.6 Å². The molecule has 3 aromatic carbocycles. The maximum atomic E-state index is 13.2. The summed E-state index contributed by atoms with van der Waals surface area (Å²) < 4.78 is 0. The number of aromatic amines is 1. The molecule has 200 valence electrons. The molecule has 0 unspecified atom stereocenters. The van der Waals surface area contributed by atoms with E-state index in [0.717, 1.165) is 28.9 Å². The lowest BCUT2D eigenvalue weighted by Gasteiger charge is -2.24. The number of carbonyl (C=O) groups excluding carboxylic acids is 1. The van der Waals surface area contributed by atoms with Crippen molar-refractivity contribution in [2.24, 2.45) is 5.92 Å². The van der Waals surface area contributed by atoms with Gasteiger partial charge in [0.1, 0.15) is 5.78 Å². The third-order valence-corrected chi connectivity index (χ3v) is 7.13. The van der Waals surface area contributed by atoms with Gasteiger partial charge in [-0.2, -0.15) is 5.21 Å². The number of nitrogens with one attached hydrogen (secondary N) is 1. The molecule has 40 heavy (non-hydrogen) atoms. The fraction of sp³-hybridized carbons (Fsp3) is 0.250. The van der Waals surface area contributed by atoms with Crippen LogP contribution in [-0.4, -0.2) is 42.9 Å². The van der Waals surface area contributed by atoms with Crippen LogP contribution in [0.2, 0.25) is 0 Å². The Kier molecular flexibility index (Phi) is 7.39. The minimum atomic E-state index is 0.114. The Morgan fingerprint density at radius 3 is 2.35 bits per heavy atom. The molecule has 8 nitrogen and oxygen atoms in total. The summed E-state index contributed by atoms with van der Waals surface area (Å²) in [6.45, 7) is 3.62. The molecule has 2 aromatic heterocycles. The maximum absolute atomic E-state index is 13.2. The van der Waals surface area contributed by atoms with Crippen molar-refractivity contribution in [2.45, 2.75) is 39.2 Å². The summed E-state index contributed by atoms with van der Waals surface area (Å²) in [5.41, 5.74) is 6.50. The molecule has 8 heteroatoms. The Hall–Kier alpha value is -4.72. The van der Waals surface area contributed by atoms with Crippen molar-refractivity contribution >= 4 is 11.7 Å². The molecule has 0 radical (unpaired) electrons. The number of hydrogen-bond acceptors (Lipinski definition) is 7. The molecule has 6 rings (SSSR count). The Balaban J connectivity index is 1.38. The van der Waals surface area contributed by atoms with Crippen LogP contribution in [-0.2, 0) is 24.2 Å². The summed E-state index contributed by atoms with van der Waals surface area (Å²) in [6.07, 6.45) is 3.02. The second kappa shape index (κ2) is 11.6. The van der Waals surface area contributed by atoms with Crippen molar-refractivity contribution < 1.29 is 4.79 Å². The molecular weight excluding hydrogens is 498 g/mol. The first-order chi connectivity index (χ1) is 19.6. The molecule has 5 aromatic rings. The normalized spacial score (nSPS) is 12.8. The Morgan fingerprint density at radius 2 is 1.62 bits per heavy atom. The smallest absolute Gasteiger partial charge is 0.226 e. The molecule has 0 aliphatic heterocycles. The summed E-state index contributed by atoms with van der Waals surface area (Å²) >= 11 is 0. The lowest BCUT2D eigenvalue weighted by Crippen LogP contribution is -2.28. The molecule has 1 fully saturated rings. The zero-order valence-corrected chi connectivity index (χ0v) is 22.5. The first-order valence-corrected chi connectivity index (χ1v) is 13.7. The van der Waals surface area contributed by atoms with Gasteiger partial charge in [-0.1, -0.05) is 84.4 Å². The molecule has 0 spiro atoms. The molecule has 1 N–H and O–H groups in total. The van der Waals surface area contributed by atoms with E-state index in [1.165, 1.54) is 24.0 Å². The number of benzene rings is 3. The molecule has 1 aliphatic carbocycles. The number of carbonyl (C=O) groups is 1. The predicted molar refractivity (Wildman–Crippen MR) is 154 cm³/mol. The number of tetrazole rings is 1. The number of anilines is 1. The molecule has 1 saturated carbocycles. The molecular formula is C32H31N7O. The van der Waals surface area contributed by atoms with E-state index in [2.05, 4.69) is 49.8 Å². The van der Waals surface area contributed by atoms with Crippen LogP contribution in [0.15, 0.2) is 84.9 Å². The SMILES string of the molecule is Cc1ccc(CC(=O)Cc2cc(-c3ccccc3-c3nn[nH]n3)nc(N(Cc3ccccc3)CC3CC3)n2)cc1. The Morgan fingerprint density at radius 1 is 0.875 bits per heavy atom. The number of nitrogens with zero attached hydrogens (tertiary/aromatic N) is 6. The van der Waals surface area contributed by atoms with E-state index in [-0.39, 0.29) is 12.2 Å². The number of H-pyrrole nitrogens is 1. The molecule has 0 amide bonds. The summed E-state index contributed by atoms with van der Waals surface area (Å²) in [5.74, 6) is 1.87. The Labute approximate surface area is 233 Å². The first-order valence-electron chi connectivity index (χ1n) is 13.7. The van der Waals surface area contributed by atoms with E-state index in [0.29, 0.717) is 36.4 Å². The number of ketones is 1. The number of hydrogen-bond donors (Lipinski definition) is 1. The lowest BCUT2D eigenvalue weighted by atomic mass is 10.0. The van der Waals surface area contributed by atoms with E-state index < -0.39 is 0 Å². The van der Waals surface area contributed by atoms with Gasteiger partial charge in [0.15, 0.2) is 0 Å². The molecule has 1 aliphatic rings. The van der Waals surface area contributed by atoms with Gasteiger partial charge in [0.2, 0.25) is 11.8 Å². The average molecular weight is 530 g/mol. The second-order valence-corrected chi connectivity index (χ2v) is 10.5. The average Bonchev–Trinajstić information content (AvgIpc) is 3.62. The highest BCUT2D eigenvalue weighted by atomic mass is 16.1. The number of Topliss-reactive ketones (excluding diaryl/α,β-unsaturated/α-hetero) is 1. The monoisotopic (exact) mass is 529 g/mol. The van der Waals surface area contributed by atoms with E-state index >= 15 is 0 Å². The van der Waals surface area contributed by atoms with Crippen molar-refractivity contribution in [2.75, 3.05) is 11.4 Å².